The SMILES string of the molecule is C[NH2+]C(COc1ccc(C(=O)NCCCC[C@H](NC(=O)[C@H](CC(C)C)NF)C(N)=O)cc1)CN(N)Cc1cccc(C(=O)NCCCC[C@H](NC(=O)[C@H](CC(C)C)N(F)I)C(N)=O)c1. The van der Waals surface area contributed by atoms with Gasteiger partial charge in [0, 0.05) is 30.8 Å². The minimum Gasteiger partial charge on any atom is -0.487 e. The molecule has 2 aromatic carbocycles. The Hall–Kier alpha value is -4.55. The fraction of sp³-hybridized carbons (Fsp3) is 0.581. The van der Waals surface area contributed by atoms with E-state index in [0.29, 0.717) is 78.7 Å². The lowest BCUT2D eigenvalue weighted by molar-refractivity contribution is -0.664. The largest absolute Gasteiger partial charge is 0.487 e. The van der Waals surface area contributed by atoms with Gasteiger partial charge in [0.15, 0.2) is 0 Å². The van der Waals surface area contributed by atoms with Crippen molar-refractivity contribution in [3.8, 4) is 5.75 Å². The topological polar surface area (TPSA) is 273 Å². The summed E-state index contributed by atoms with van der Waals surface area (Å²) in [4.78, 5) is 74.6. The summed E-state index contributed by atoms with van der Waals surface area (Å²) in [5.41, 5.74) is 14.1. The third-order valence-electron chi connectivity index (χ3n) is 10.2. The molecule has 0 aromatic heterocycles. The van der Waals surface area contributed by atoms with Crippen molar-refractivity contribution >= 4 is 58.3 Å². The molecule has 0 saturated heterocycles. The number of benzene rings is 2. The van der Waals surface area contributed by atoms with Gasteiger partial charge in [-0.2, -0.15) is 0 Å². The molecule has 13 N–H and O–H groups in total. The number of nitrogens with one attached hydrogen (secondary N) is 5. The van der Waals surface area contributed by atoms with E-state index in [-0.39, 0.29) is 55.4 Å². The number of nitrogens with zero attached hydrogens (tertiary/aromatic N) is 2. The zero-order chi connectivity index (χ0) is 47.8. The van der Waals surface area contributed by atoms with Gasteiger partial charge < -0.3 is 42.8 Å². The smallest absolute Gasteiger partial charge is 0.251 e. The van der Waals surface area contributed by atoms with E-state index in [0.717, 1.165) is 5.56 Å². The Morgan fingerprint density at radius 3 is 1.81 bits per heavy atom. The highest BCUT2D eigenvalue weighted by molar-refractivity contribution is 14.1. The predicted molar refractivity (Wildman–Crippen MR) is 247 cm³/mol. The average molecular weight is 1020 g/mol. The first-order valence-electron chi connectivity index (χ1n) is 21.7. The maximum Gasteiger partial charge on any atom is 0.251 e. The van der Waals surface area contributed by atoms with E-state index < -0.39 is 47.8 Å². The fourth-order valence-corrected chi connectivity index (χ4v) is 7.11. The molecule has 6 amide bonds. The van der Waals surface area contributed by atoms with Gasteiger partial charge in [-0.05, 0) is 105 Å². The van der Waals surface area contributed by atoms with Crippen LogP contribution in [0.2, 0.25) is 0 Å². The molecule has 0 aliphatic rings. The number of ether oxygens (including phenoxy) is 1. The Bertz CT molecular complexity index is 1780. The van der Waals surface area contributed by atoms with Crippen LogP contribution in [0, 0.1) is 11.8 Å². The third kappa shape index (κ3) is 21.4. The summed E-state index contributed by atoms with van der Waals surface area (Å²) in [6.45, 7) is 9.24. The summed E-state index contributed by atoms with van der Waals surface area (Å²) in [6.07, 6.45) is 3.02. The highest BCUT2D eigenvalue weighted by Crippen LogP contribution is 2.18. The molecule has 0 spiro atoms. The Balaban J connectivity index is 1.76. The maximum atomic E-state index is 13.9. The molecule has 0 aliphatic carbocycles. The number of hydrogen-bond donors (Lipinski definition) is 9. The number of primary amides is 2. The molecule has 18 nitrogen and oxygen atoms in total. The van der Waals surface area contributed by atoms with Crippen molar-refractivity contribution in [2.45, 2.75) is 116 Å². The van der Waals surface area contributed by atoms with Crippen molar-refractivity contribution in [1.82, 2.24) is 35.2 Å². The van der Waals surface area contributed by atoms with Crippen LogP contribution in [0.1, 0.15) is 105 Å². The number of hydrazine groups is 1. The van der Waals surface area contributed by atoms with Crippen molar-refractivity contribution in [2.24, 2.45) is 29.1 Å². The van der Waals surface area contributed by atoms with Gasteiger partial charge in [0.25, 0.3) is 11.8 Å². The average Bonchev–Trinajstić information content (AvgIpc) is 3.24. The molecule has 0 bridgehead atoms. The summed E-state index contributed by atoms with van der Waals surface area (Å²) in [5.74, 6) is 3.84. The van der Waals surface area contributed by atoms with Gasteiger partial charge in [0.05, 0.1) is 36.5 Å². The number of rotatable bonds is 32. The maximum absolute atomic E-state index is 13.9. The first-order chi connectivity index (χ1) is 30.3. The molecular weight excluding hydrogens is 947 g/mol. The van der Waals surface area contributed by atoms with Crippen LogP contribution in [-0.2, 0) is 25.7 Å². The van der Waals surface area contributed by atoms with Crippen LogP contribution in [0.4, 0.5) is 8.96 Å². The van der Waals surface area contributed by atoms with Crippen LogP contribution >= 0.6 is 22.9 Å². The van der Waals surface area contributed by atoms with Gasteiger partial charge in [-0.3, -0.25) is 34.6 Å². The molecule has 1 unspecified atom stereocenters. The van der Waals surface area contributed by atoms with E-state index in [2.05, 4.69) is 21.3 Å². The molecule has 5 atom stereocenters. The van der Waals surface area contributed by atoms with Gasteiger partial charge in [-0.25, -0.2) is 5.01 Å². The molecule has 0 heterocycles. The van der Waals surface area contributed by atoms with Gasteiger partial charge in [-0.1, -0.05) is 43.2 Å². The standard InChI is InChI=1S/C43H68F2IN11O7/c1-27(2)21-36(55-44)42(62)53-34(38(47)58)13-6-8-19-51-40(60)30-15-17-33(18-16-30)64-26-32(50-5)25-56(49)24-29-11-10-12-31(23-29)41(61)52-20-9-7-14-35(39(48)59)54-43(63)37(57(45)46)22-28(3)4/h10-12,15-18,23,27-28,32,34-37,50,55H,6-9,13-14,19-22,24-26,49H2,1-5H3,(H2,47,58)(H2,48,59)(H,51,60)(H,52,61)(H,53,62)(H,54,63)/p+1/t32?,34-,35-,36-,37-/m0/s1. The number of likely N-dealkylation sites (N-methyl/N-ethyl adjacent to an activating group) is 1. The second-order valence-electron chi connectivity index (χ2n) is 16.7. The first kappa shape index (κ1) is 55.6. The molecule has 21 heteroatoms. The number of nitrogens with two attached hydrogens (primary N) is 4. The number of amides is 6. The lowest BCUT2D eigenvalue weighted by Crippen LogP contribution is -2.89. The second kappa shape index (κ2) is 29.8. The van der Waals surface area contributed by atoms with E-state index in [1.54, 1.807) is 47.5 Å². The summed E-state index contributed by atoms with van der Waals surface area (Å²) in [6, 6.07) is 9.74. The van der Waals surface area contributed by atoms with Crippen LogP contribution in [-0.4, -0.2) is 107 Å². The van der Waals surface area contributed by atoms with Gasteiger partial charge >= 0.3 is 0 Å². The minimum atomic E-state index is -1.08. The number of quaternary nitrogens is 1. The van der Waals surface area contributed by atoms with Crippen LogP contribution in [0.25, 0.3) is 0 Å². The van der Waals surface area contributed by atoms with Gasteiger partial charge in [-0.15, -0.1) is 14.5 Å². The predicted octanol–water partition coefficient (Wildman–Crippen LogP) is 1.58. The van der Waals surface area contributed by atoms with E-state index in [9.17, 15) is 37.7 Å². The number of halogens is 3. The van der Waals surface area contributed by atoms with Gasteiger partial charge in [0.1, 0.15) is 42.6 Å². The van der Waals surface area contributed by atoms with Crippen LogP contribution in [0.5, 0.6) is 5.75 Å². The van der Waals surface area contributed by atoms with Crippen molar-refractivity contribution < 1.29 is 47.8 Å². The van der Waals surface area contributed by atoms with E-state index in [4.69, 9.17) is 22.0 Å². The zero-order valence-electron chi connectivity index (χ0n) is 37.5. The van der Waals surface area contributed by atoms with Crippen LogP contribution in [0.15, 0.2) is 48.5 Å². The van der Waals surface area contributed by atoms with Crippen molar-refractivity contribution in [3.05, 3.63) is 65.2 Å². The summed E-state index contributed by atoms with van der Waals surface area (Å²) >= 11 is 1.41. The van der Waals surface area contributed by atoms with Crippen LogP contribution < -0.4 is 54.2 Å². The normalized spacial score (nSPS) is 13.8. The number of unbranched alkanes of at least 4 members (excludes halogenated alkanes) is 2. The van der Waals surface area contributed by atoms with E-state index >= 15 is 0 Å². The Kier molecular flexibility index (Phi) is 25.9. The van der Waals surface area contributed by atoms with E-state index in [1.807, 2.05) is 46.1 Å². The Morgan fingerprint density at radius 1 is 0.766 bits per heavy atom. The molecule has 0 saturated carbocycles. The lowest BCUT2D eigenvalue weighted by Gasteiger charge is -2.23. The highest BCUT2D eigenvalue weighted by Gasteiger charge is 2.29. The molecule has 358 valence electrons. The lowest BCUT2D eigenvalue weighted by atomic mass is 10.0. The van der Waals surface area contributed by atoms with Crippen LogP contribution in [0.3, 0.4) is 0 Å². The quantitative estimate of drug-likeness (QED) is 0.0167. The number of hydrogen-bond acceptors (Lipinski definition) is 11. The van der Waals surface area contributed by atoms with Gasteiger partial charge in [0.2, 0.25) is 23.6 Å². The fourth-order valence-electron chi connectivity index (χ4n) is 6.63. The number of carbonyl (C=O) groups excluding carboxylic acids is 6. The minimum absolute atomic E-state index is 0.0441. The molecule has 0 radical (unpaired) electrons. The molecule has 2 aromatic rings. The monoisotopic (exact) mass is 1020 g/mol. The van der Waals surface area contributed by atoms with Crippen molar-refractivity contribution in [1.29, 1.82) is 0 Å². The Labute approximate surface area is 389 Å². The summed E-state index contributed by atoms with van der Waals surface area (Å²) in [5, 5.41) is 14.4. The van der Waals surface area contributed by atoms with Crippen molar-refractivity contribution in [3.63, 3.8) is 0 Å². The molecular formula is C43H69F2IN11O7+. The summed E-state index contributed by atoms with van der Waals surface area (Å²) in [7, 11) is 1.91. The molecule has 0 aliphatic heterocycles. The second-order valence-corrected chi connectivity index (χ2v) is 17.6. The number of carbonyl (C=O) groups is 6. The molecule has 2 rings (SSSR count). The third-order valence-corrected chi connectivity index (χ3v) is 10.9. The Morgan fingerprint density at radius 2 is 1.31 bits per heavy atom. The van der Waals surface area contributed by atoms with E-state index in [1.165, 1.54) is 28.4 Å². The van der Waals surface area contributed by atoms with Crippen molar-refractivity contribution in [2.75, 3.05) is 33.3 Å². The molecule has 64 heavy (non-hydrogen) atoms. The zero-order valence-corrected chi connectivity index (χ0v) is 39.7. The molecule has 0 fully saturated rings. The first-order valence-corrected chi connectivity index (χ1v) is 22.6. The summed E-state index contributed by atoms with van der Waals surface area (Å²) < 4.78 is 33.4. The highest BCUT2D eigenvalue weighted by atomic mass is 127.